The SMILES string of the molecule is CCOc1ccc(C(=O)NCCCN2C[C@H](C)C[C@H](C)C2)cc1[N+](=O)[O-]. The summed E-state index contributed by atoms with van der Waals surface area (Å²) in [5, 5.41) is 14.0. The van der Waals surface area contributed by atoms with E-state index in [4.69, 9.17) is 4.74 Å². The van der Waals surface area contributed by atoms with Gasteiger partial charge in [-0.1, -0.05) is 13.8 Å². The van der Waals surface area contributed by atoms with Crippen molar-refractivity contribution < 1.29 is 14.5 Å². The fourth-order valence-electron chi connectivity index (χ4n) is 3.66. The van der Waals surface area contributed by atoms with Gasteiger partial charge in [0.15, 0.2) is 5.75 Å². The summed E-state index contributed by atoms with van der Waals surface area (Å²) in [5.41, 5.74) is 0.0937. The number of hydrogen-bond donors (Lipinski definition) is 1. The molecule has 0 radical (unpaired) electrons. The summed E-state index contributed by atoms with van der Waals surface area (Å²) in [4.78, 5) is 25.3. The molecule has 7 heteroatoms. The first-order valence-corrected chi connectivity index (χ1v) is 9.32. The molecule has 1 aromatic rings. The third-order valence-corrected chi connectivity index (χ3v) is 4.60. The molecule has 2 rings (SSSR count). The Morgan fingerprint density at radius 3 is 2.65 bits per heavy atom. The number of likely N-dealkylation sites (tertiary alicyclic amines) is 1. The van der Waals surface area contributed by atoms with Gasteiger partial charge in [-0.2, -0.15) is 0 Å². The molecule has 0 spiro atoms. The molecule has 0 unspecified atom stereocenters. The predicted molar refractivity (Wildman–Crippen MR) is 101 cm³/mol. The van der Waals surface area contributed by atoms with Crippen molar-refractivity contribution >= 4 is 11.6 Å². The van der Waals surface area contributed by atoms with Gasteiger partial charge in [-0.15, -0.1) is 0 Å². The highest BCUT2D eigenvalue weighted by molar-refractivity contribution is 5.95. The lowest BCUT2D eigenvalue weighted by Gasteiger charge is -2.34. The molecule has 1 saturated heterocycles. The molecule has 1 heterocycles. The summed E-state index contributed by atoms with van der Waals surface area (Å²) in [6.07, 6.45) is 2.15. The van der Waals surface area contributed by atoms with Gasteiger partial charge < -0.3 is 15.0 Å². The number of ether oxygens (including phenoxy) is 1. The molecule has 144 valence electrons. The Morgan fingerprint density at radius 1 is 1.35 bits per heavy atom. The average Bonchev–Trinajstić information content (AvgIpc) is 2.58. The lowest BCUT2D eigenvalue weighted by molar-refractivity contribution is -0.385. The van der Waals surface area contributed by atoms with Crippen LogP contribution in [0.2, 0.25) is 0 Å². The second-order valence-electron chi connectivity index (χ2n) is 7.19. The summed E-state index contributed by atoms with van der Waals surface area (Å²) in [6.45, 7) is 10.4. The zero-order valence-corrected chi connectivity index (χ0v) is 15.9. The highest BCUT2D eigenvalue weighted by Gasteiger charge is 2.21. The summed E-state index contributed by atoms with van der Waals surface area (Å²) in [7, 11) is 0. The van der Waals surface area contributed by atoms with E-state index < -0.39 is 4.92 Å². The van der Waals surface area contributed by atoms with Crippen molar-refractivity contribution in [3.05, 3.63) is 33.9 Å². The van der Waals surface area contributed by atoms with Crippen LogP contribution in [0.1, 0.15) is 44.0 Å². The van der Waals surface area contributed by atoms with E-state index in [2.05, 4.69) is 24.1 Å². The van der Waals surface area contributed by atoms with Gasteiger partial charge in [-0.3, -0.25) is 14.9 Å². The molecular weight excluding hydrogens is 334 g/mol. The number of benzene rings is 1. The molecule has 0 aliphatic carbocycles. The Bertz CT molecular complexity index is 625. The number of rotatable bonds is 8. The van der Waals surface area contributed by atoms with Gasteiger partial charge in [-0.25, -0.2) is 0 Å². The van der Waals surface area contributed by atoms with Gasteiger partial charge in [0.1, 0.15) is 0 Å². The van der Waals surface area contributed by atoms with Crippen LogP contribution in [0.25, 0.3) is 0 Å². The minimum Gasteiger partial charge on any atom is -0.487 e. The Balaban J connectivity index is 1.84. The summed E-state index contributed by atoms with van der Waals surface area (Å²) >= 11 is 0. The van der Waals surface area contributed by atoms with Gasteiger partial charge in [-0.05, 0) is 50.3 Å². The zero-order chi connectivity index (χ0) is 19.1. The van der Waals surface area contributed by atoms with Crippen molar-refractivity contribution in [3.63, 3.8) is 0 Å². The van der Waals surface area contributed by atoms with Crippen molar-refractivity contribution in [1.82, 2.24) is 10.2 Å². The first kappa shape index (κ1) is 20.2. The van der Waals surface area contributed by atoms with E-state index in [1.54, 1.807) is 13.0 Å². The number of carbonyl (C=O) groups is 1. The highest BCUT2D eigenvalue weighted by atomic mass is 16.6. The van der Waals surface area contributed by atoms with Crippen molar-refractivity contribution in [2.75, 3.05) is 32.8 Å². The molecule has 0 bridgehead atoms. The largest absolute Gasteiger partial charge is 0.487 e. The molecule has 1 aliphatic rings. The number of nitrogens with one attached hydrogen (secondary N) is 1. The minimum absolute atomic E-state index is 0.183. The number of nitrogens with zero attached hydrogens (tertiary/aromatic N) is 2. The van der Waals surface area contributed by atoms with Crippen LogP contribution in [0.4, 0.5) is 5.69 Å². The minimum atomic E-state index is -0.527. The van der Waals surface area contributed by atoms with Crippen LogP contribution in [0, 0.1) is 22.0 Å². The first-order valence-electron chi connectivity index (χ1n) is 9.32. The molecule has 1 aliphatic heterocycles. The van der Waals surface area contributed by atoms with E-state index in [0.29, 0.717) is 13.2 Å². The van der Waals surface area contributed by atoms with E-state index in [0.717, 1.165) is 37.9 Å². The topological polar surface area (TPSA) is 84.7 Å². The summed E-state index contributed by atoms with van der Waals surface area (Å²) < 4.78 is 5.24. The van der Waals surface area contributed by atoms with Crippen LogP contribution in [0.3, 0.4) is 0 Å². The van der Waals surface area contributed by atoms with Gasteiger partial charge in [0, 0.05) is 31.3 Å². The first-order chi connectivity index (χ1) is 12.4. The molecule has 1 aromatic carbocycles. The quantitative estimate of drug-likeness (QED) is 0.436. The maximum absolute atomic E-state index is 12.3. The maximum Gasteiger partial charge on any atom is 0.311 e. The second kappa shape index (κ2) is 9.52. The van der Waals surface area contributed by atoms with Gasteiger partial charge in [0.2, 0.25) is 0 Å². The van der Waals surface area contributed by atoms with E-state index in [9.17, 15) is 14.9 Å². The molecule has 2 atom stereocenters. The van der Waals surface area contributed by atoms with E-state index in [-0.39, 0.29) is 22.9 Å². The fraction of sp³-hybridized carbons (Fsp3) is 0.632. The normalized spacial score (nSPS) is 20.6. The van der Waals surface area contributed by atoms with Crippen LogP contribution in [-0.2, 0) is 0 Å². The van der Waals surface area contributed by atoms with Crippen molar-refractivity contribution in [1.29, 1.82) is 0 Å². The standard InChI is InChI=1S/C19H29N3O4/c1-4-26-18-7-6-16(11-17(18)22(24)25)19(23)20-8-5-9-21-12-14(2)10-15(3)13-21/h6-7,11,14-15H,4-5,8-10,12-13H2,1-3H3,(H,20,23)/t14-,15+. The average molecular weight is 363 g/mol. The molecule has 26 heavy (non-hydrogen) atoms. The van der Waals surface area contributed by atoms with Crippen LogP contribution < -0.4 is 10.1 Å². The highest BCUT2D eigenvalue weighted by Crippen LogP contribution is 2.28. The third-order valence-electron chi connectivity index (χ3n) is 4.60. The molecule has 1 amide bonds. The molecule has 7 nitrogen and oxygen atoms in total. The third kappa shape index (κ3) is 5.69. The van der Waals surface area contributed by atoms with E-state index in [1.165, 1.54) is 18.6 Å². The molecule has 0 saturated carbocycles. The summed E-state index contributed by atoms with van der Waals surface area (Å²) in [6, 6.07) is 4.31. The van der Waals surface area contributed by atoms with Crippen LogP contribution in [0.15, 0.2) is 18.2 Å². The van der Waals surface area contributed by atoms with Crippen molar-refractivity contribution in [2.45, 2.75) is 33.6 Å². The summed E-state index contributed by atoms with van der Waals surface area (Å²) in [5.74, 6) is 1.33. The molecule has 0 aromatic heterocycles. The Kier molecular flexibility index (Phi) is 7.38. The second-order valence-corrected chi connectivity index (χ2v) is 7.19. The monoisotopic (exact) mass is 363 g/mol. The van der Waals surface area contributed by atoms with Crippen molar-refractivity contribution in [2.24, 2.45) is 11.8 Å². The predicted octanol–water partition coefficient (Wildman–Crippen LogP) is 3.09. The Labute approximate surface area is 154 Å². The molecule has 1 N–H and O–H groups in total. The molecular formula is C19H29N3O4. The van der Waals surface area contributed by atoms with Gasteiger partial charge in [0.25, 0.3) is 5.91 Å². The Hall–Kier alpha value is -2.15. The maximum atomic E-state index is 12.3. The van der Waals surface area contributed by atoms with E-state index in [1.807, 2.05) is 0 Å². The van der Waals surface area contributed by atoms with Crippen LogP contribution >= 0.6 is 0 Å². The number of nitro groups is 1. The lowest BCUT2D eigenvalue weighted by Crippen LogP contribution is -2.40. The van der Waals surface area contributed by atoms with Crippen molar-refractivity contribution in [3.8, 4) is 5.75 Å². The zero-order valence-electron chi connectivity index (χ0n) is 15.9. The lowest BCUT2D eigenvalue weighted by atomic mass is 9.92. The number of carbonyl (C=O) groups excluding carboxylic acids is 1. The van der Waals surface area contributed by atoms with Gasteiger partial charge >= 0.3 is 5.69 Å². The molecule has 1 fully saturated rings. The van der Waals surface area contributed by atoms with Crippen LogP contribution in [0.5, 0.6) is 5.75 Å². The number of nitro benzene ring substituents is 1. The smallest absolute Gasteiger partial charge is 0.311 e. The van der Waals surface area contributed by atoms with Gasteiger partial charge in [0.05, 0.1) is 11.5 Å². The van der Waals surface area contributed by atoms with Crippen LogP contribution in [-0.4, -0.2) is 48.5 Å². The number of amides is 1. The van der Waals surface area contributed by atoms with E-state index >= 15 is 0 Å². The Morgan fingerprint density at radius 2 is 2.04 bits per heavy atom. The number of piperidine rings is 1. The fourth-order valence-corrected chi connectivity index (χ4v) is 3.66. The number of hydrogen-bond acceptors (Lipinski definition) is 5.